The van der Waals surface area contributed by atoms with Crippen molar-refractivity contribution in [3.05, 3.63) is 6.07 Å². The lowest BCUT2D eigenvalue weighted by Gasteiger charge is -2.31. The molecule has 1 heterocycles. The molecule has 23 heavy (non-hydrogen) atoms. The second kappa shape index (κ2) is 8.73. The molecule has 0 amide bonds. The number of thioether (sulfide) groups is 1. The lowest BCUT2D eigenvalue weighted by molar-refractivity contribution is -0.141. The van der Waals surface area contributed by atoms with Gasteiger partial charge < -0.3 is 14.6 Å². The van der Waals surface area contributed by atoms with Crippen LogP contribution in [0.25, 0.3) is 0 Å². The van der Waals surface area contributed by atoms with Gasteiger partial charge in [0.15, 0.2) is 5.16 Å². The van der Waals surface area contributed by atoms with Crippen LogP contribution < -0.4 is 9.47 Å². The lowest BCUT2D eigenvalue weighted by Crippen LogP contribution is -2.29. The quantitative estimate of drug-likeness (QED) is 0.401. The first-order valence-corrected chi connectivity index (χ1v) is 9.13. The van der Waals surface area contributed by atoms with E-state index in [0.29, 0.717) is 28.7 Å². The fraction of sp³-hybridized carbons (Fsp3) is 0.667. The third kappa shape index (κ3) is 6.18. The summed E-state index contributed by atoms with van der Waals surface area (Å²) >= 11 is 4.73. The van der Waals surface area contributed by atoms with Gasteiger partial charge in [-0.1, -0.05) is 48.5 Å². The minimum Gasteiger partial charge on any atom is -0.481 e. The Morgan fingerprint density at radius 1 is 1.30 bits per heavy atom. The topological polar surface area (TPSA) is 81.5 Å². The van der Waals surface area contributed by atoms with E-state index in [1.165, 1.54) is 26.0 Å². The number of carboxylic acid groups (broad SMARTS) is 1. The van der Waals surface area contributed by atoms with Gasteiger partial charge in [0.25, 0.3) is 0 Å². The Balaban J connectivity index is 3.04. The molecule has 2 atom stereocenters. The highest BCUT2D eigenvalue weighted by Crippen LogP contribution is 2.39. The van der Waals surface area contributed by atoms with E-state index in [0.717, 1.165) is 0 Å². The number of ether oxygens (including phenoxy) is 2. The molecule has 0 fully saturated rings. The van der Waals surface area contributed by atoms with Crippen molar-refractivity contribution in [3.63, 3.8) is 0 Å². The molecule has 0 aliphatic heterocycles. The molecule has 0 radical (unpaired) electrons. The van der Waals surface area contributed by atoms with Gasteiger partial charge in [-0.05, 0) is 11.8 Å². The summed E-state index contributed by atoms with van der Waals surface area (Å²) in [7, 11) is 3.06. The number of aliphatic carboxylic acids is 1. The van der Waals surface area contributed by atoms with E-state index >= 15 is 0 Å². The highest BCUT2D eigenvalue weighted by molar-refractivity contribution is 9.09. The van der Waals surface area contributed by atoms with Crippen molar-refractivity contribution in [3.8, 4) is 11.8 Å². The van der Waals surface area contributed by atoms with Crippen LogP contribution >= 0.6 is 27.7 Å². The van der Waals surface area contributed by atoms with Crippen LogP contribution in [0.3, 0.4) is 0 Å². The van der Waals surface area contributed by atoms with Crippen molar-refractivity contribution in [2.75, 3.05) is 19.5 Å². The summed E-state index contributed by atoms with van der Waals surface area (Å²) in [5.74, 6) is -0.426. The molecule has 0 bridgehead atoms. The summed E-state index contributed by atoms with van der Waals surface area (Å²) in [4.78, 5) is 20.0. The van der Waals surface area contributed by atoms with Gasteiger partial charge >= 0.3 is 5.97 Å². The predicted molar refractivity (Wildman–Crippen MR) is 93.8 cm³/mol. The first-order chi connectivity index (χ1) is 10.7. The highest BCUT2D eigenvalue weighted by atomic mass is 79.9. The SMILES string of the molecule is COc1cc(OC)nc(SC(CC(CBr)C(=O)O)C(C)(C)C)n1. The molecule has 0 aliphatic carbocycles. The van der Waals surface area contributed by atoms with E-state index in [1.807, 2.05) is 0 Å². The van der Waals surface area contributed by atoms with Crippen molar-refractivity contribution in [1.29, 1.82) is 0 Å². The molecule has 8 heteroatoms. The minimum atomic E-state index is -0.805. The number of carbonyl (C=O) groups is 1. The van der Waals surface area contributed by atoms with Crippen LogP contribution in [-0.2, 0) is 4.79 Å². The Hall–Kier alpha value is -1.02. The summed E-state index contributed by atoms with van der Waals surface area (Å²) in [6.45, 7) is 6.24. The van der Waals surface area contributed by atoms with Gasteiger partial charge in [0.05, 0.1) is 26.2 Å². The first-order valence-electron chi connectivity index (χ1n) is 7.13. The largest absolute Gasteiger partial charge is 0.481 e. The fourth-order valence-corrected chi connectivity index (χ4v) is 3.60. The maximum atomic E-state index is 11.3. The molecule has 130 valence electrons. The summed E-state index contributed by atoms with van der Waals surface area (Å²) < 4.78 is 10.3. The summed E-state index contributed by atoms with van der Waals surface area (Å²) in [5.41, 5.74) is -0.111. The average molecular weight is 407 g/mol. The zero-order valence-corrected chi connectivity index (χ0v) is 16.4. The standard InChI is InChI=1S/C15H23BrN2O4S/c1-15(2,3)10(6-9(8-16)13(19)20)23-14-17-11(21-4)7-12(18-14)22-5/h7,9-10H,6,8H2,1-5H3,(H,19,20). The van der Waals surface area contributed by atoms with E-state index in [1.54, 1.807) is 6.07 Å². The second-order valence-corrected chi connectivity index (χ2v) is 7.95. The molecule has 1 aromatic heterocycles. The van der Waals surface area contributed by atoms with Crippen LogP contribution in [0.1, 0.15) is 27.2 Å². The van der Waals surface area contributed by atoms with Gasteiger partial charge in [0.1, 0.15) is 0 Å². The van der Waals surface area contributed by atoms with Crippen molar-refractivity contribution < 1.29 is 19.4 Å². The molecule has 0 spiro atoms. The van der Waals surface area contributed by atoms with Crippen LogP contribution in [0.15, 0.2) is 11.2 Å². The van der Waals surface area contributed by atoms with Gasteiger partial charge in [0.2, 0.25) is 11.8 Å². The third-order valence-electron chi connectivity index (χ3n) is 3.32. The van der Waals surface area contributed by atoms with Crippen LogP contribution in [-0.4, -0.2) is 45.8 Å². The number of alkyl halides is 1. The molecule has 1 aromatic rings. The van der Waals surface area contributed by atoms with Crippen molar-refractivity contribution in [1.82, 2.24) is 9.97 Å². The van der Waals surface area contributed by atoms with Gasteiger partial charge in [0, 0.05) is 10.6 Å². The molecule has 1 N–H and O–H groups in total. The zero-order chi connectivity index (χ0) is 17.6. The Kier molecular flexibility index (Phi) is 7.60. The highest BCUT2D eigenvalue weighted by Gasteiger charge is 2.32. The number of rotatable bonds is 8. The van der Waals surface area contributed by atoms with Crippen LogP contribution in [0.5, 0.6) is 11.8 Å². The van der Waals surface area contributed by atoms with E-state index in [9.17, 15) is 9.90 Å². The number of halogens is 1. The number of carboxylic acids is 1. The molecule has 6 nitrogen and oxygen atoms in total. The van der Waals surface area contributed by atoms with Crippen LogP contribution in [0, 0.1) is 11.3 Å². The van der Waals surface area contributed by atoms with Crippen molar-refractivity contribution >= 4 is 33.7 Å². The Morgan fingerprint density at radius 2 is 1.83 bits per heavy atom. The number of aromatic nitrogens is 2. The van der Waals surface area contributed by atoms with Gasteiger partial charge in [-0.3, -0.25) is 4.79 Å². The monoisotopic (exact) mass is 406 g/mol. The summed E-state index contributed by atoms with van der Waals surface area (Å²) in [6, 6.07) is 1.61. The van der Waals surface area contributed by atoms with Gasteiger partial charge in [-0.2, -0.15) is 9.97 Å². The van der Waals surface area contributed by atoms with Gasteiger partial charge in [-0.25, -0.2) is 0 Å². The summed E-state index contributed by atoms with van der Waals surface area (Å²) in [6.07, 6.45) is 0.512. The average Bonchev–Trinajstić information content (AvgIpc) is 2.49. The van der Waals surface area contributed by atoms with Crippen LogP contribution in [0.2, 0.25) is 0 Å². The molecular formula is C15H23BrN2O4S. The number of hydrogen-bond donors (Lipinski definition) is 1. The normalized spacial score (nSPS) is 14.2. The zero-order valence-electron chi connectivity index (χ0n) is 14.0. The first kappa shape index (κ1) is 20.0. The van der Waals surface area contributed by atoms with E-state index in [4.69, 9.17) is 9.47 Å². The van der Waals surface area contributed by atoms with Crippen molar-refractivity contribution in [2.45, 2.75) is 37.6 Å². The number of methoxy groups -OCH3 is 2. The Labute approximate surface area is 149 Å². The molecule has 0 saturated heterocycles. The minimum absolute atomic E-state index is 0.0259. The molecule has 0 aromatic carbocycles. The maximum Gasteiger partial charge on any atom is 0.307 e. The fourth-order valence-electron chi connectivity index (χ4n) is 1.84. The number of nitrogens with zero attached hydrogens (tertiary/aromatic N) is 2. The smallest absolute Gasteiger partial charge is 0.307 e. The lowest BCUT2D eigenvalue weighted by atomic mass is 9.86. The van der Waals surface area contributed by atoms with E-state index in [-0.39, 0.29) is 10.7 Å². The Morgan fingerprint density at radius 3 is 2.17 bits per heavy atom. The van der Waals surface area contributed by atoms with E-state index in [2.05, 4.69) is 46.7 Å². The van der Waals surface area contributed by atoms with Crippen LogP contribution in [0.4, 0.5) is 0 Å². The number of hydrogen-bond acceptors (Lipinski definition) is 6. The molecule has 1 rings (SSSR count). The molecular weight excluding hydrogens is 384 g/mol. The van der Waals surface area contributed by atoms with Crippen molar-refractivity contribution in [2.24, 2.45) is 11.3 Å². The third-order valence-corrected chi connectivity index (χ3v) is 5.68. The van der Waals surface area contributed by atoms with Gasteiger partial charge in [-0.15, -0.1) is 0 Å². The Bertz CT molecular complexity index is 514. The van der Waals surface area contributed by atoms with E-state index < -0.39 is 11.9 Å². The molecule has 0 saturated carbocycles. The molecule has 0 aliphatic rings. The maximum absolute atomic E-state index is 11.3. The predicted octanol–water partition coefficient (Wildman–Crippen LogP) is 3.49. The molecule has 2 unspecified atom stereocenters. The second-order valence-electron chi connectivity index (χ2n) is 6.13. The summed E-state index contributed by atoms with van der Waals surface area (Å²) in [5, 5.41) is 10.3.